The predicted molar refractivity (Wildman–Crippen MR) is 76.7 cm³/mol. The van der Waals surface area contributed by atoms with E-state index in [4.69, 9.17) is 10.4 Å². The van der Waals surface area contributed by atoms with Crippen LogP contribution in [0.4, 0.5) is 10.5 Å². The molecule has 21 heavy (non-hydrogen) atoms. The van der Waals surface area contributed by atoms with Crippen molar-refractivity contribution in [2.75, 3.05) is 18.4 Å². The second kappa shape index (κ2) is 6.75. The number of nitriles is 1. The Balaban J connectivity index is 1.90. The first-order valence-corrected chi connectivity index (χ1v) is 6.87. The van der Waals surface area contributed by atoms with Gasteiger partial charge in [-0.05, 0) is 30.9 Å². The summed E-state index contributed by atoms with van der Waals surface area (Å²) in [6, 6.07) is 8.63. The number of nitrogens with one attached hydrogen (secondary N) is 1. The molecule has 1 aliphatic heterocycles. The summed E-state index contributed by atoms with van der Waals surface area (Å²) < 4.78 is 0. The number of rotatable bonds is 4. The normalized spacial score (nSPS) is 17.3. The van der Waals surface area contributed by atoms with Gasteiger partial charge in [0.15, 0.2) is 0 Å². The summed E-state index contributed by atoms with van der Waals surface area (Å²) in [6.45, 7) is 1.18. The minimum absolute atomic E-state index is 0.136. The van der Waals surface area contributed by atoms with Crippen LogP contribution in [0.5, 0.6) is 0 Å². The number of hydrogen-bond acceptors (Lipinski definition) is 3. The van der Waals surface area contributed by atoms with Gasteiger partial charge in [-0.25, -0.2) is 4.79 Å². The lowest BCUT2D eigenvalue weighted by Crippen LogP contribution is -2.33. The smallest absolute Gasteiger partial charge is 0.321 e. The molecule has 1 saturated heterocycles. The summed E-state index contributed by atoms with van der Waals surface area (Å²) in [6.07, 6.45) is 1.55. The Bertz CT molecular complexity index is 580. The lowest BCUT2D eigenvalue weighted by atomic mass is 10.0. The lowest BCUT2D eigenvalue weighted by Gasteiger charge is -2.17. The third-order valence-electron chi connectivity index (χ3n) is 3.63. The van der Waals surface area contributed by atoms with Crippen LogP contribution < -0.4 is 5.32 Å². The van der Waals surface area contributed by atoms with Crippen LogP contribution in [0, 0.1) is 17.2 Å². The van der Waals surface area contributed by atoms with Crippen LogP contribution in [0.2, 0.25) is 0 Å². The van der Waals surface area contributed by atoms with E-state index >= 15 is 0 Å². The average Bonchev–Trinajstić information content (AvgIpc) is 2.94. The fourth-order valence-corrected chi connectivity index (χ4v) is 2.46. The predicted octanol–water partition coefficient (Wildman–Crippen LogP) is 2.28. The molecule has 2 rings (SSSR count). The molecule has 1 fully saturated rings. The number of carboxylic acid groups (broad SMARTS) is 1. The first-order valence-electron chi connectivity index (χ1n) is 6.87. The first-order chi connectivity index (χ1) is 10.1. The molecule has 2 amide bonds. The summed E-state index contributed by atoms with van der Waals surface area (Å²) in [7, 11) is 0. The number of carbonyl (C=O) groups is 2. The molecule has 1 atom stereocenters. The molecule has 6 heteroatoms. The zero-order chi connectivity index (χ0) is 15.2. The molecule has 0 saturated carbocycles. The van der Waals surface area contributed by atoms with Gasteiger partial charge in [-0.1, -0.05) is 12.1 Å². The number of amides is 2. The fourth-order valence-electron chi connectivity index (χ4n) is 2.46. The van der Waals surface area contributed by atoms with Crippen LogP contribution in [-0.4, -0.2) is 35.1 Å². The number of urea groups is 1. The highest BCUT2D eigenvalue weighted by Crippen LogP contribution is 2.22. The maximum atomic E-state index is 12.2. The molecule has 1 aromatic rings. The molecule has 1 aromatic carbocycles. The maximum absolute atomic E-state index is 12.2. The largest absolute Gasteiger partial charge is 0.481 e. The van der Waals surface area contributed by atoms with Crippen LogP contribution in [0.25, 0.3) is 0 Å². The summed E-state index contributed by atoms with van der Waals surface area (Å²) in [5.74, 6) is -0.570. The number of carboxylic acids is 1. The van der Waals surface area contributed by atoms with Crippen LogP contribution in [0.1, 0.15) is 24.8 Å². The molecular weight excluding hydrogens is 270 g/mol. The molecule has 2 N–H and O–H groups in total. The van der Waals surface area contributed by atoms with Crippen molar-refractivity contribution in [3.8, 4) is 6.07 Å². The van der Waals surface area contributed by atoms with Gasteiger partial charge in [0.2, 0.25) is 0 Å². The van der Waals surface area contributed by atoms with Crippen LogP contribution in [0.15, 0.2) is 24.3 Å². The minimum Gasteiger partial charge on any atom is -0.481 e. The number of para-hydroxylation sites is 1. The van der Waals surface area contributed by atoms with E-state index in [-0.39, 0.29) is 18.4 Å². The summed E-state index contributed by atoms with van der Waals surface area (Å²) in [4.78, 5) is 24.4. The van der Waals surface area contributed by atoms with Crippen LogP contribution >= 0.6 is 0 Å². The van der Waals surface area contributed by atoms with Crippen molar-refractivity contribution in [3.05, 3.63) is 29.8 Å². The Hall–Kier alpha value is -2.55. The van der Waals surface area contributed by atoms with E-state index < -0.39 is 5.97 Å². The number of aliphatic carboxylic acids is 1. The minimum atomic E-state index is -0.805. The van der Waals surface area contributed by atoms with Crippen molar-refractivity contribution in [3.63, 3.8) is 0 Å². The third kappa shape index (κ3) is 3.96. The highest BCUT2D eigenvalue weighted by molar-refractivity contribution is 5.91. The molecule has 1 heterocycles. The Labute approximate surface area is 123 Å². The molecule has 0 spiro atoms. The number of likely N-dealkylation sites (tertiary alicyclic amines) is 1. The summed E-state index contributed by atoms with van der Waals surface area (Å²) in [5.41, 5.74) is 0.923. The van der Waals surface area contributed by atoms with Crippen molar-refractivity contribution in [2.45, 2.75) is 19.3 Å². The van der Waals surface area contributed by atoms with Gasteiger partial charge in [0.05, 0.1) is 11.3 Å². The summed E-state index contributed by atoms with van der Waals surface area (Å²) >= 11 is 0. The maximum Gasteiger partial charge on any atom is 0.321 e. The first kappa shape index (κ1) is 14.9. The van der Waals surface area contributed by atoms with Gasteiger partial charge in [-0.2, -0.15) is 5.26 Å². The molecule has 0 radical (unpaired) electrons. The van der Waals surface area contributed by atoms with Crippen molar-refractivity contribution in [2.24, 2.45) is 5.92 Å². The van der Waals surface area contributed by atoms with Crippen LogP contribution in [0.3, 0.4) is 0 Å². The van der Waals surface area contributed by atoms with Crippen molar-refractivity contribution >= 4 is 17.7 Å². The van der Waals surface area contributed by atoms with Crippen LogP contribution in [-0.2, 0) is 4.79 Å². The molecular formula is C15H17N3O3. The Morgan fingerprint density at radius 3 is 2.90 bits per heavy atom. The molecule has 1 unspecified atom stereocenters. The molecule has 0 aromatic heterocycles. The quantitative estimate of drug-likeness (QED) is 0.888. The van der Waals surface area contributed by atoms with Gasteiger partial charge in [-0.15, -0.1) is 0 Å². The number of benzene rings is 1. The number of anilines is 1. The van der Waals surface area contributed by atoms with Gasteiger partial charge >= 0.3 is 12.0 Å². The lowest BCUT2D eigenvalue weighted by molar-refractivity contribution is -0.137. The standard InChI is InChI=1S/C15H17N3O3/c16-9-12-3-1-2-4-13(12)17-15(21)18-8-7-11(10-18)5-6-14(19)20/h1-4,11H,5-8,10H2,(H,17,21)(H,19,20). The van der Waals surface area contributed by atoms with Gasteiger partial charge in [0.1, 0.15) is 6.07 Å². The van der Waals surface area contributed by atoms with Gasteiger partial charge in [-0.3, -0.25) is 4.79 Å². The van der Waals surface area contributed by atoms with Crippen molar-refractivity contribution in [1.82, 2.24) is 4.90 Å². The molecule has 6 nitrogen and oxygen atoms in total. The Morgan fingerprint density at radius 2 is 2.19 bits per heavy atom. The number of nitrogens with zero attached hydrogens (tertiary/aromatic N) is 2. The van der Waals surface area contributed by atoms with E-state index in [1.54, 1.807) is 29.2 Å². The summed E-state index contributed by atoms with van der Waals surface area (Å²) in [5, 5.41) is 20.4. The molecule has 0 bridgehead atoms. The second-order valence-corrected chi connectivity index (χ2v) is 5.12. The molecule has 0 aliphatic carbocycles. The zero-order valence-corrected chi connectivity index (χ0v) is 11.6. The van der Waals surface area contributed by atoms with E-state index in [0.29, 0.717) is 30.8 Å². The number of carbonyl (C=O) groups excluding carboxylic acids is 1. The highest BCUT2D eigenvalue weighted by atomic mass is 16.4. The number of hydrogen-bond donors (Lipinski definition) is 2. The van der Waals surface area contributed by atoms with E-state index in [1.165, 1.54) is 0 Å². The third-order valence-corrected chi connectivity index (χ3v) is 3.63. The van der Waals surface area contributed by atoms with Gasteiger partial charge < -0.3 is 15.3 Å². The van der Waals surface area contributed by atoms with Gasteiger partial charge in [0, 0.05) is 19.5 Å². The fraction of sp³-hybridized carbons (Fsp3) is 0.400. The topological polar surface area (TPSA) is 93.4 Å². The zero-order valence-electron chi connectivity index (χ0n) is 11.6. The Morgan fingerprint density at radius 1 is 1.43 bits per heavy atom. The molecule has 110 valence electrons. The average molecular weight is 287 g/mol. The SMILES string of the molecule is N#Cc1ccccc1NC(=O)N1CCC(CCC(=O)O)C1. The van der Waals surface area contributed by atoms with E-state index in [0.717, 1.165) is 6.42 Å². The van der Waals surface area contributed by atoms with Crippen molar-refractivity contribution in [1.29, 1.82) is 5.26 Å². The van der Waals surface area contributed by atoms with Gasteiger partial charge in [0.25, 0.3) is 0 Å². The van der Waals surface area contributed by atoms with E-state index in [1.807, 2.05) is 6.07 Å². The second-order valence-electron chi connectivity index (χ2n) is 5.12. The van der Waals surface area contributed by atoms with Crippen molar-refractivity contribution < 1.29 is 14.7 Å². The Kier molecular flexibility index (Phi) is 4.77. The van der Waals surface area contributed by atoms with E-state index in [9.17, 15) is 9.59 Å². The highest BCUT2D eigenvalue weighted by Gasteiger charge is 2.26. The van der Waals surface area contributed by atoms with E-state index in [2.05, 4.69) is 5.32 Å². The monoisotopic (exact) mass is 287 g/mol. The molecule has 1 aliphatic rings.